The van der Waals surface area contributed by atoms with Crippen molar-refractivity contribution in [1.82, 2.24) is 24.3 Å². The number of amides is 1. The first-order valence-electron chi connectivity index (χ1n) is 10.2. The van der Waals surface area contributed by atoms with E-state index in [1.165, 1.54) is 0 Å². The summed E-state index contributed by atoms with van der Waals surface area (Å²) in [5.74, 6) is 0.252. The first kappa shape index (κ1) is 21.1. The molecule has 2 aliphatic heterocycles. The van der Waals surface area contributed by atoms with Crippen molar-refractivity contribution in [2.45, 2.75) is 64.2 Å². The summed E-state index contributed by atoms with van der Waals surface area (Å²) >= 11 is 1.07. The van der Waals surface area contributed by atoms with Gasteiger partial charge in [-0.1, -0.05) is 18.3 Å². The standard InChI is InChI=1S/C19H25F3N6OS/c1-10(2)13-7-15(19(20,21)22)28-16(23-13)8-14(25-28)12-5-4-6-27(9-12)18(29)17-11(3)24-26-30-17/h8,10,12-13,15,23H,4-7,9H2,1-3H3/t12-,13+,15+/m0/s1. The van der Waals surface area contributed by atoms with Gasteiger partial charge in [0.25, 0.3) is 5.91 Å². The van der Waals surface area contributed by atoms with Crippen LogP contribution in [0.5, 0.6) is 0 Å². The molecule has 4 heterocycles. The molecule has 0 bridgehead atoms. The van der Waals surface area contributed by atoms with Crippen molar-refractivity contribution in [3.05, 3.63) is 22.3 Å². The third-order valence-corrected chi connectivity index (χ3v) is 6.83. The highest BCUT2D eigenvalue weighted by Gasteiger charge is 2.47. The molecule has 0 spiro atoms. The van der Waals surface area contributed by atoms with Crippen LogP contribution < -0.4 is 5.32 Å². The first-order valence-corrected chi connectivity index (χ1v) is 10.9. The molecular weight excluding hydrogens is 417 g/mol. The summed E-state index contributed by atoms with van der Waals surface area (Å²) in [6.45, 7) is 6.61. The predicted molar refractivity (Wildman–Crippen MR) is 107 cm³/mol. The minimum absolute atomic E-state index is 0.0395. The smallest absolute Gasteiger partial charge is 0.367 e. The maximum Gasteiger partial charge on any atom is 0.410 e. The predicted octanol–water partition coefficient (Wildman–Crippen LogP) is 4.01. The van der Waals surface area contributed by atoms with Crippen LogP contribution >= 0.6 is 11.5 Å². The largest absolute Gasteiger partial charge is 0.410 e. The molecule has 0 aliphatic carbocycles. The van der Waals surface area contributed by atoms with Gasteiger partial charge in [0.1, 0.15) is 10.7 Å². The summed E-state index contributed by atoms with van der Waals surface area (Å²) < 4.78 is 46.1. The van der Waals surface area contributed by atoms with Crippen LogP contribution in [-0.4, -0.2) is 55.5 Å². The minimum Gasteiger partial charge on any atom is -0.367 e. The SMILES string of the molecule is Cc1nnsc1C(=O)N1CCC[C@H](c2cc3n(n2)[C@@H](C(F)(F)F)C[C@H](C(C)C)N3)C1. The quantitative estimate of drug-likeness (QED) is 0.778. The second-order valence-electron chi connectivity index (χ2n) is 8.46. The average molecular weight is 443 g/mol. The van der Waals surface area contributed by atoms with Crippen molar-refractivity contribution in [3.8, 4) is 0 Å². The number of aromatic nitrogens is 4. The molecule has 1 fully saturated rings. The normalized spacial score (nSPS) is 24.6. The van der Waals surface area contributed by atoms with Crippen molar-refractivity contribution >= 4 is 23.3 Å². The molecule has 164 valence electrons. The number of halogens is 3. The lowest BCUT2D eigenvalue weighted by atomic mass is 9.93. The number of carbonyl (C=O) groups is 1. The van der Waals surface area contributed by atoms with Gasteiger partial charge in [-0.2, -0.15) is 18.3 Å². The number of rotatable bonds is 3. The summed E-state index contributed by atoms with van der Waals surface area (Å²) in [6.07, 6.45) is -2.85. The van der Waals surface area contributed by atoms with E-state index in [1.54, 1.807) is 17.9 Å². The van der Waals surface area contributed by atoms with Gasteiger partial charge in [-0.3, -0.25) is 4.79 Å². The highest BCUT2D eigenvalue weighted by Crippen LogP contribution is 2.42. The highest BCUT2D eigenvalue weighted by atomic mass is 32.1. The van der Waals surface area contributed by atoms with Crippen LogP contribution in [0.1, 0.15) is 66.1 Å². The number of nitrogens with one attached hydrogen (secondary N) is 1. The fraction of sp³-hybridized carbons (Fsp3) is 0.684. The Morgan fingerprint density at radius 1 is 1.37 bits per heavy atom. The lowest BCUT2D eigenvalue weighted by molar-refractivity contribution is -0.174. The molecule has 11 heteroatoms. The average Bonchev–Trinajstić information content (AvgIpc) is 3.31. The zero-order valence-electron chi connectivity index (χ0n) is 17.1. The van der Waals surface area contributed by atoms with E-state index >= 15 is 0 Å². The fourth-order valence-electron chi connectivity index (χ4n) is 4.23. The van der Waals surface area contributed by atoms with E-state index in [0.29, 0.717) is 35.2 Å². The van der Waals surface area contributed by atoms with E-state index < -0.39 is 12.2 Å². The van der Waals surface area contributed by atoms with Crippen LogP contribution in [0.2, 0.25) is 0 Å². The molecule has 2 aromatic rings. The molecule has 3 atom stereocenters. The molecule has 1 N–H and O–H groups in total. The monoisotopic (exact) mass is 442 g/mol. The highest BCUT2D eigenvalue weighted by molar-refractivity contribution is 7.07. The third-order valence-electron chi connectivity index (χ3n) is 6.02. The number of fused-ring (bicyclic) bond motifs is 1. The van der Waals surface area contributed by atoms with Crippen LogP contribution in [0, 0.1) is 12.8 Å². The Labute approximate surface area is 176 Å². The van der Waals surface area contributed by atoms with E-state index in [0.717, 1.165) is 29.1 Å². The van der Waals surface area contributed by atoms with Crippen molar-refractivity contribution in [2.24, 2.45) is 5.92 Å². The number of hydrogen-bond acceptors (Lipinski definition) is 6. The number of carbonyl (C=O) groups excluding carboxylic acids is 1. The minimum atomic E-state index is -4.36. The number of nitrogens with zero attached hydrogens (tertiary/aromatic N) is 5. The van der Waals surface area contributed by atoms with Crippen molar-refractivity contribution in [2.75, 3.05) is 18.4 Å². The van der Waals surface area contributed by atoms with Crippen molar-refractivity contribution < 1.29 is 18.0 Å². The number of alkyl halides is 3. The Kier molecular flexibility index (Phi) is 5.50. The van der Waals surface area contributed by atoms with E-state index in [2.05, 4.69) is 20.0 Å². The van der Waals surface area contributed by atoms with Gasteiger partial charge in [0.15, 0.2) is 6.04 Å². The second-order valence-corrected chi connectivity index (χ2v) is 9.22. The summed E-state index contributed by atoms with van der Waals surface area (Å²) in [5.41, 5.74) is 1.20. The fourth-order valence-corrected chi connectivity index (χ4v) is 4.86. The molecule has 2 aliphatic rings. The molecular formula is C19H25F3N6OS. The molecule has 2 aromatic heterocycles. The molecule has 4 rings (SSSR count). The summed E-state index contributed by atoms with van der Waals surface area (Å²) in [6, 6.07) is -0.173. The van der Waals surface area contributed by atoms with E-state index in [4.69, 9.17) is 0 Å². The van der Waals surface area contributed by atoms with Crippen LogP contribution in [0.25, 0.3) is 0 Å². The first-order chi connectivity index (χ1) is 14.1. The van der Waals surface area contributed by atoms with Crippen LogP contribution in [0.3, 0.4) is 0 Å². The van der Waals surface area contributed by atoms with E-state index in [1.807, 2.05) is 13.8 Å². The van der Waals surface area contributed by atoms with Gasteiger partial charge in [-0.05, 0) is 43.6 Å². The zero-order valence-corrected chi connectivity index (χ0v) is 17.9. The maximum absolute atomic E-state index is 13.7. The zero-order chi connectivity index (χ0) is 21.6. The van der Waals surface area contributed by atoms with Gasteiger partial charge >= 0.3 is 6.18 Å². The van der Waals surface area contributed by atoms with Gasteiger partial charge in [0.05, 0.1) is 11.4 Å². The summed E-state index contributed by atoms with van der Waals surface area (Å²) in [4.78, 5) is 15.1. The lowest BCUT2D eigenvalue weighted by Gasteiger charge is -2.35. The topological polar surface area (TPSA) is 75.9 Å². The van der Waals surface area contributed by atoms with Gasteiger partial charge in [0, 0.05) is 31.1 Å². The second kappa shape index (κ2) is 7.82. The van der Waals surface area contributed by atoms with Gasteiger partial charge < -0.3 is 10.2 Å². The van der Waals surface area contributed by atoms with Crippen LogP contribution in [0.15, 0.2) is 6.07 Å². The Morgan fingerprint density at radius 3 is 2.77 bits per heavy atom. The number of anilines is 1. The van der Waals surface area contributed by atoms with Gasteiger partial charge in [0.2, 0.25) is 0 Å². The number of hydrogen-bond donors (Lipinski definition) is 1. The molecule has 7 nitrogen and oxygen atoms in total. The van der Waals surface area contributed by atoms with Crippen LogP contribution in [0.4, 0.5) is 19.0 Å². The summed E-state index contributed by atoms with van der Waals surface area (Å²) in [5, 5.41) is 11.5. The molecule has 0 radical (unpaired) electrons. The lowest BCUT2D eigenvalue weighted by Crippen LogP contribution is -2.41. The number of piperidine rings is 1. The number of likely N-dealkylation sites (tertiary alicyclic amines) is 1. The van der Waals surface area contributed by atoms with E-state index in [9.17, 15) is 18.0 Å². The Hall–Kier alpha value is -2.17. The molecule has 30 heavy (non-hydrogen) atoms. The van der Waals surface area contributed by atoms with Gasteiger partial charge in [-0.15, -0.1) is 5.10 Å². The molecule has 1 amide bonds. The Bertz CT molecular complexity index is 924. The van der Waals surface area contributed by atoms with Crippen LogP contribution in [-0.2, 0) is 0 Å². The summed E-state index contributed by atoms with van der Waals surface area (Å²) in [7, 11) is 0. The molecule has 0 aromatic carbocycles. The third kappa shape index (κ3) is 3.91. The number of aryl methyl sites for hydroxylation is 1. The molecule has 1 saturated heterocycles. The van der Waals surface area contributed by atoms with Crippen molar-refractivity contribution in [1.29, 1.82) is 0 Å². The van der Waals surface area contributed by atoms with Crippen molar-refractivity contribution in [3.63, 3.8) is 0 Å². The Morgan fingerprint density at radius 2 is 2.13 bits per heavy atom. The van der Waals surface area contributed by atoms with E-state index in [-0.39, 0.29) is 30.2 Å². The maximum atomic E-state index is 13.7. The van der Waals surface area contributed by atoms with Gasteiger partial charge in [-0.25, -0.2) is 4.68 Å². The molecule has 0 unspecified atom stereocenters. The molecule has 0 saturated carbocycles. The Balaban J connectivity index is 1.58.